The first-order chi connectivity index (χ1) is 16.4. The van der Waals surface area contributed by atoms with Gasteiger partial charge in [-0.15, -0.1) is 0 Å². The molecule has 0 saturated heterocycles. The molecule has 4 rings (SSSR count). The zero-order chi connectivity index (χ0) is 24.1. The van der Waals surface area contributed by atoms with Crippen LogP contribution < -0.4 is 16.1 Å². The summed E-state index contributed by atoms with van der Waals surface area (Å²) in [5, 5.41) is 6.89. The van der Waals surface area contributed by atoms with E-state index in [9.17, 15) is 14.4 Å². The maximum absolute atomic E-state index is 13.0. The van der Waals surface area contributed by atoms with Gasteiger partial charge in [-0.1, -0.05) is 59.6 Å². The van der Waals surface area contributed by atoms with Crippen molar-refractivity contribution in [2.24, 2.45) is 0 Å². The van der Waals surface area contributed by atoms with Gasteiger partial charge in [-0.2, -0.15) is 0 Å². The summed E-state index contributed by atoms with van der Waals surface area (Å²) in [7, 11) is 0. The Morgan fingerprint density at radius 1 is 0.794 bits per heavy atom. The van der Waals surface area contributed by atoms with E-state index in [0.29, 0.717) is 39.6 Å². The smallest absolute Gasteiger partial charge is 0.328 e. The number of hydrogen-bond acceptors (Lipinski definition) is 3. The van der Waals surface area contributed by atoms with E-state index in [1.165, 1.54) is 4.68 Å². The number of anilines is 1. The molecule has 3 amide bonds. The molecule has 3 N–H and O–H groups in total. The van der Waals surface area contributed by atoms with Crippen LogP contribution in [0, 0.1) is 0 Å². The van der Waals surface area contributed by atoms with Gasteiger partial charge in [0.05, 0.1) is 5.52 Å². The molecule has 0 aliphatic carbocycles. The van der Waals surface area contributed by atoms with Crippen LogP contribution in [0.25, 0.3) is 10.9 Å². The number of amides is 3. The second kappa shape index (κ2) is 10.4. The van der Waals surface area contributed by atoms with Crippen molar-refractivity contribution in [3.8, 4) is 0 Å². The van der Waals surface area contributed by atoms with Crippen molar-refractivity contribution >= 4 is 57.5 Å². The van der Waals surface area contributed by atoms with Gasteiger partial charge in [-0.05, 0) is 54.4 Å². The van der Waals surface area contributed by atoms with Gasteiger partial charge in [-0.3, -0.25) is 19.8 Å². The Balaban J connectivity index is 1.52. The first-order valence-corrected chi connectivity index (χ1v) is 11.2. The second-order valence-electron chi connectivity index (χ2n) is 7.47. The zero-order valence-electron chi connectivity index (χ0n) is 17.8. The van der Waals surface area contributed by atoms with Gasteiger partial charge in [0.15, 0.2) is 0 Å². The molecule has 0 aliphatic rings. The van der Waals surface area contributed by atoms with Gasteiger partial charge in [0.25, 0.3) is 5.91 Å². The number of carbonyl (C=O) groups is 3. The molecule has 3 aromatic carbocycles. The first-order valence-electron chi connectivity index (χ1n) is 10.4. The van der Waals surface area contributed by atoms with E-state index in [4.69, 9.17) is 23.2 Å². The topological polar surface area (TPSA) is 92.2 Å². The number of rotatable bonds is 6. The molecule has 0 unspecified atom stereocenters. The number of nitrogens with zero attached hydrogens (tertiary/aromatic N) is 1. The first kappa shape index (κ1) is 23.4. The van der Waals surface area contributed by atoms with Gasteiger partial charge in [0.2, 0.25) is 0 Å². The molecule has 0 aliphatic heterocycles. The maximum Gasteiger partial charge on any atom is 0.328 e. The summed E-state index contributed by atoms with van der Waals surface area (Å²) in [5.74, 6) is -2.22. The summed E-state index contributed by atoms with van der Waals surface area (Å²) < 4.78 is 1.27. The summed E-state index contributed by atoms with van der Waals surface area (Å²) >= 11 is 12.1. The number of halogens is 2. The van der Waals surface area contributed by atoms with Crippen molar-refractivity contribution in [3.05, 3.63) is 100 Å². The predicted octanol–water partition coefficient (Wildman–Crippen LogP) is 4.63. The third-order valence-corrected chi connectivity index (χ3v) is 5.51. The summed E-state index contributed by atoms with van der Waals surface area (Å²) in [4.78, 5) is 38.0. The average Bonchev–Trinajstić information content (AvgIpc) is 3.17. The SMILES string of the molecule is O=C(NCCc1ccccc1)C(=O)Nn1c(C(=O)Nc2cccc(Cl)c2)cc2cc(Cl)ccc21. The van der Waals surface area contributed by atoms with E-state index >= 15 is 0 Å². The minimum Gasteiger partial charge on any atom is -0.347 e. The molecule has 7 nitrogen and oxygen atoms in total. The number of hydrogen-bond donors (Lipinski definition) is 3. The fraction of sp³-hybridized carbons (Fsp3) is 0.0800. The Labute approximate surface area is 205 Å². The van der Waals surface area contributed by atoms with E-state index < -0.39 is 17.7 Å². The summed E-state index contributed by atoms with van der Waals surface area (Å²) in [6, 6.07) is 22.8. The number of aromatic nitrogens is 1. The van der Waals surface area contributed by atoms with E-state index in [1.807, 2.05) is 30.3 Å². The highest BCUT2D eigenvalue weighted by atomic mass is 35.5. The van der Waals surface area contributed by atoms with Crippen LogP contribution in [-0.4, -0.2) is 28.9 Å². The maximum atomic E-state index is 13.0. The van der Waals surface area contributed by atoms with Crippen molar-refractivity contribution in [2.45, 2.75) is 6.42 Å². The molecule has 1 heterocycles. The van der Waals surface area contributed by atoms with E-state index in [2.05, 4.69) is 16.1 Å². The fourth-order valence-electron chi connectivity index (χ4n) is 3.43. The highest BCUT2D eigenvalue weighted by Crippen LogP contribution is 2.24. The van der Waals surface area contributed by atoms with Crippen molar-refractivity contribution < 1.29 is 14.4 Å². The quantitative estimate of drug-likeness (QED) is 0.341. The molecule has 0 spiro atoms. The van der Waals surface area contributed by atoms with Crippen molar-refractivity contribution in [3.63, 3.8) is 0 Å². The molecule has 172 valence electrons. The Morgan fingerprint density at radius 2 is 1.56 bits per heavy atom. The van der Waals surface area contributed by atoms with E-state index in [-0.39, 0.29) is 5.69 Å². The second-order valence-corrected chi connectivity index (χ2v) is 8.34. The van der Waals surface area contributed by atoms with Crippen molar-refractivity contribution in [1.82, 2.24) is 9.99 Å². The van der Waals surface area contributed by atoms with Crippen LogP contribution in [0.4, 0.5) is 5.69 Å². The minimum atomic E-state index is -0.905. The molecule has 0 saturated carbocycles. The van der Waals surface area contributed by atoms with Gasteiger partial charge >= 0.3 is 11.8 Å². The lowest BCUT2D eigenvalue weighted by Gasteiger charge is -2.13. The lowest BCUT2D eigenvalue weighted by Crippen LogP contribution is -2.40. The van der Waals surface area contributed by atoms with Gasteiger partial charge < -0.3 is 10.6 Å². The van der Waals surface area contributed by atoms with Gasteiger partial charge in [-0.25, -0.2) is 4.68 Å². The summed E-state index contributed by atoms with van der Waals surface area (Å²) in [6.45, 7) is 0.292. The van der Waals surface area contributed by atoms with E-state index in [0.717, 1.165) is 5.56 Å². The lowest BCUT2D eigenvalue weighted by molar-refractivity contribution is -0.136. The molecule has 4 aromatic rings. The van der Waals surface area contributed by atoms with Crippen LogP contribution >= 0.6 is 23.2 Å². The van der Waals surface area contributed by atoms with Crippen LogP contribution in [-0.2, 0) is 16.0 Å². The largest absolute Gasteiger partial charge is 0.347 e. The zero-order valence-corrected chi connectivity index (χ0v) is 19.4. The van der Waals surface area contributed by atoms with Crippen LogP contribution in [0.15, 0.2) is 78.9 Å². The standard InChI is InChI=1S/C25H20Cl2N4O3/c26-18-7-4-8-20(15-18)29-23(32)22-14-17-13-19(27)9-10-21(17)31(22)30-25(34)24(33)28-12-11-16-5-2-1-3-6-16/h1-10,13-15H,11-12H2,(H,28,33)(H,29,32)(H,30,34). The summed E-state index contributed by atoms with van der Waals surface area (Å²) in [6.07, 6.45) is 0.581. The molecular weight excluding hydrogens is 475 g/mol. The highest BCUT2D eigenvalue weighted by molar-refractivity contribution is 6.38. The van der Waals surface area contributed by atoms with Crippen molar-refractivity contribution in [2.75, 3.05) is 17.3 Å². The summed E-state index contributed by atoms with van der Waals surface area (Å²) in [5.41, 5.74) is 4.66. The Kier molecular flexibility index (Phi) is 7.15. The minimum absolute atomic E-state index is 0.114. The number of fused-ring (bicyclic) bond motifs is 1. The van der Waals surface area contributed by atoms with Gasteiger partial charge in [0, 0.05) is 27.7 Å². The van der Waals surface area contributed by atoms with Crippen LogP contribution in [0.3, 0.4) is 0 Å². The predicted molar refractivity (Wildman–Crippen MR) is 134 cm³/mol. The number of benzene rings is 3. The highest BCUT2D eigenvalue weighted by Gasteiger charge is 2.21. The van der Waals surface area contributed by atoms with Crippen LogP contribution in [0.1, 0.15) is 16.1 Å². The molecule has 34 heavy (non-hydrogen) atoms. The Hall–Kier alpha value is -3.81. The third kappa shape index (κ3) is 5.57. The Bertz CT molecular complexity index is 1370. The third-order valence-electron chi connectivity index (χ3n) is 5.04. The number of carbonyl (C=O) groups excluding carboxylic acids is 3. The lowest BCUT2D eigenvalue weighted by atomic mass is 10.1. The monoisotopic (exact) mass is 494 g/mol. The molecule has 0 radical (unpaired) electrons. The molecule has 9 heteroatoms. The molecular formula is C25H20Cl2N4O3. The Morgan fingerprint density at radius 3 is 2.32 bits per heavy atom. The normalized spacial score (nSPS) is 10.6. The molecule has 0 fully saturated rings. The van der Waals surface area contributed by atoms with Crippen LogP contribution in [0.2, 0.25) is 10.0 Å². The van der Waals surface area contributed by atoms with Crippen molar-refractivity contribution in [1.29, 1.82) is 0 Å². The number of nitrogens with one attached hydrogen (secondary N) is 3. The molecule has 1 aromatic heterocycles. The molecule has 0 atom stereocenters. The fourth-order valence-corrected chi connectivity index (χ4v) is 3.80. The van der Waals surface area contributed by atoms with E-state index in [1.54, 1.807) is 48.5 Å². The van der Waals surface area contributed by atoms with Crippen LogP contribution in [0.5, 0.6) is 0 Å². The van der Waals surface area contributed by atoms with Gasteiger partial charge in [0.1, 0.15) is 5.69 Å². The molecule has 0 bridgehead atoms. The average molecular weight is 495 g/mol.